The molecule has 1 aliphatic rings. The van der Waals surface area contributed by atoms with E-state index in [4.69, 9.17) is 0 Å². The average Bonchev–Trinajstić information content (AvgIpc) is 2.48. The minimum Gasteiger partial charge on any atom is -0.504 e. The normalized spacial score (nSPS) is 17.3. The summed E-state index contributed by atoms with van der Waals surface area (Å²) in [6, 6.07) is 4.23. The fourth-order valence-corrected chi connectivity index (χ4v) is 3.86. The van der Waals surface area contributed by atoms with E-state index in [-0.39, 0.29) is 17.3 Å². The maximum atomic E-state index is 12.0. The van der Waals surface area contributed by atoms with Crippen LogP contribution in [-0.2, 0) is 9.84 Å². The highest BCUT2D eigenvalue weighted by Crippen LogP contribution is 2.27. The lowest BCUT2D eigenvalue weighted by Crippen LogP contribution is -2.12. The van der Waals surface area contributed by atoms with Crippen molar-refractivity contribution in [2.45, 2.75) is 38.5 Å². The number of hydrogen-bond donors (Lipinski definition) is 2. The van der Waals surface area contributed by atoms with Crippen molar-refractivity contribution in [2.24, 2.45) is 5.92 Å². The monoisotopic (exact) mass is 310 g/mol. The zero-order valence-corrected chi connectivity index (χ0v) is 12.8. The van der Waals surface area contributed by atoms with Crippen LogP contribution < -0.4 is 0 Å². The van der Waals surface area contributed by atoms with Gasteiger partial charge in [-0.2, -0.15) is 0 Å². The molecule has 1 aromatic rings. The minimum atomic E-state index is -3.23. The van der Waals surface area contributed by atoms with Crippen molar-refractivity contribution in [3.8, 4) is 11.5 Å². The number of hydrogen-bond acceptors (Lipinski definition) is 4. The Morgan fingerprint density at radius 3 is 2.48 bits per heavy atom. The Hall–Kier alpha value is -1.49. The Labute approximate surface area is 126 Å². The van der Waals surface area contributed by atoms with Crippen molar-refractivity contribution >= 4 is 15.9 Å². The number of benzene rings is 1. The summed E-state index contributed by atoms with van der Waals surface area (Å²) >= 11 is 0. The molecule has 21 heavy (non-hydrogen) atoms. The number of sulfone groups is 1. The Bertz CT molecular complexity index is 599. The third-order valence-corrected chi connectivity index (χ3v) is 5.36. The van der Waals surface area contributed by atoms with Crippen LogP contribution in [0.2, 0.25) is 0 Å². The molecule has 2 N–H and O–H groups in total. The van der Waals surface area contributed by atoms with Crippen LogP contribution in [0.1, 0.15) is 44.1 Å². The van der Waals surface area contributed by atoms with E-state index in [1.165, 1.54) is 42.9 Å². The molecule has 5 heteroatoms. The number of rotatable bonds is 5. The van der Waals surface area contributed by atoms with Gasteiger partial charge in [-0.05, 0) is 36.1 Å². The molecule has 2 rings (SSSR count). The van der Waals surface area contributed by atoms with Crippen LogP contribution in [0, 0.1) is 5.92 Å². The topological polar surface area (TPSA) is 74.6 Å². The molecule has 116 valence electrons. The number of aromatic hydroxyl groups is 2. The summed E-state index contributed by atoms with van der Waals surface area (Å²) in [5.74, 6) is 0.252. The molecule has 1 saturated carbocycles. The van der Waals surface area contributed by atoms with Gasteiger partial charge in [-0.3, -0.25) is 0 Å². The summed E-state index contributed by atoms with van der Waals surface area (Å²) in [5.41, 5.74) is 0.548. The predicted molar refractivity (Wildman–Crippen MR) is 83.8 cm³/mol. The first-order valence-electron chi connectivity index (χ1n) is 7.39. The van der Waals surface area contributed by atoms with Crippen LogP contribution >= 0.6 is 0 Å². The van der Waals surface area contributed by atoms with Crippen LogP contribution in [0.3, 0.4) is 0 Å². The van der Waals surface area contributed by atoms with Gasteiger partial charge in [0.25, 0.3) is 0 Å². The maximum absolute atomic E-state index is 12.0. The highest BCUT2D eigenvalue weighted by atomic mass is 32.2. The van der Waals surface area contributed by atoms with Crippen molar-refractivity contribution in [3.05, 3.63) is 29.2 Å². The van der Waals surface area contributed by atoms with E-state index in [0.29, 0.717) is 11.5 Å². The van der Waals surface area contributed by atoms with E-state index >= 15 is 0 Å². The smallest absolute Gasteiger partial charge is 0.171 e. The number of phenols is 2. The van der Waals surface area contributed by atoms with E-state index < -0.39 is 9.84 Å². The molecular weight excluding hydrogens is 288 g/mol. The lowest BCUT2D eigenvalue weighted by molar-refractivity contribution is 0.350. The SMILES string of the molecule is O=S(=O)(/C=C/c1ccc(O)c(O)c1)CCC1CCCCC1. The molecule has 1 aliphatic carbocycles. The molecule has 0 aliphatic heterocycles. The minimum absolute atomic E-state index is 0.179. The van der Waals surface area contributed by atoms with E-state index in [2.05, 4.69) is 0 Å². The molecule has 0 atom stereocenters. The van der Waals surface area contributed by atoms with E-state index in [9.17, 15) is 18.6 Å². The standard InChI is InChI=1S/C16H22O4S/c17-15-7-6-14(12-16(15)18)9-11-21(19,20)10-8-13-4-2-1-3-5-13/h6-7,9,11-13,17-18H,1-5,8,10H2/b11-9+. The number of phenolic OH excluding ortho intramolecular Hbond substituents is 2. The molecule has 0 spiro atoms. The molecule has 0 saturated heterocycles. The van der Waals surface area contributed by atoms with E-state index in [1.54, 1.807) is 6.07 Å². The summed E-state index contributed by atoms with van der Waals surface area (Å²) in [6.45, 7) is 0. The Balaban J connectivity index is 1.92. The molecule has 0 bridgehead atoms. The van der Waals surface area contributed by atoms with Gasteiger partial charge in [-0.25, -0.2) is 8.42 Å². The maximum Gasteiger partial charge on any atom is 0.171 e. The van der Waals surface area contributed by atoms with E-state index in [1.807, 2.05) is 0 Å². The van der Waals surface area contributed by atoms with Gasteiger partial charge >= 0.3 is 0 Å². The largest absolute Gasteiger partial charge is 0.504 e. The lowest BCUT2D eigenvalue weighted by Gasteiger charge is -2.20. The van der Waals surface area contributed by atoms with Gasteiger partial charge in [0.05, 0.1) is 5.75 Å². The van der Waals surface area contributed by atoms with Crippen LogP contribution in [0.4, 0.5) is 0 Å². The predicted octanol–water partition coefficient (Wildman–Crippen LogP) is 3.45. The zero-order chi connectivity index (χ0) is 15.3. The van der Waals surface area contributed by atoms with Gasteiger partial charge in [-0.1, -0.05) is 38.2 Å². The van der Waals surface area contributed by atoms with Crippen molar-refractivity contribution in [1.82, 2.24) is 0 Å². The first-order chi connectivity index (χ1) is 9.96. The molecule has 0 amide bonds. The lowest BCUT2D eigenvalue weighted by atomic mass is 9.88. The van der Waals surface area contributed by atoms with Crippen molar-refractivity contribution < 1.29 is 18.6 Å². The third-order valence-electron chi connectivity index (χ3n) is 4.00. The van der Waals surface area contributed by atoms with Crippen molar-refractivity contribution in [2.75, 3.05) is 5.75 Å². The van der Waals surface area contributed by atoms with Crippen LogP contribution in [-0.4, -0.2) is 24.4 Å². The second-order valence-corrected chi connectivity index (χ2v) is 7.72. The van der Waals surface area contributed by atoms with Gasteiger partial charge in [-0.15, -0.1) is 0 Å². The summed E-state index contributed by atoms with van der Waals surface area (Å²) in [7, 11) is -3.23. The molecule has 0 heterocycles. The van der Waals surface area contributed by atoms with Crippen LogP contribution in [0.15, 0.2) is 23.6 Å². The second-order valence-electron chi connectivity index (χ2n) is 5.71. The molecule has 1 fully saturated rings. The summed E-state index contributed by atoms with van der Waals surface area (Å²) in [6.07, 6.45) is 8.17. The fraction of sp³-hybridized carbons (Fsp3) is 0.500. The highest BCUT2D eigenvalue weighted by Gasteiger charge is 2.16. The van der Waals surface area contributed by atoms with E-state index in [0.717, 1.165) is 19.3 Å². The van der Waals surface area contributed by atoms with Gasteiger partial charge < -0.3 is 10.2 Å². The van der Waals surface area contributed by atoms with Crippen molar-refractivity contribution in [3.63, 3.8) is 0 Å². The van der Waals surface area contributed by atoms with Gasteiger partial charge in [0.1, 0.15) is 0 Å². The summed E-state index contributed by atoms with van der Waals surface area (Å²) in [5, 5.41) is 19.8. The molecular formula is C16H22O4S. The Kier molecular flexibility index (Phi) is 5.28. The van der Waals surface area contributed by atoms with Crippen molar-refractivity contribution in [1.29, 1.82) is 0 Å². The molecule has 4 nitrogen and oxygen atoms in total. The quantitative estimate of drug-likeness (QED) is 0.817. The molecule has 1 aromatic carbocycles. The summed E-state index contributed by atoms with van der Waals surface area (Å²) < 4.78 is 24.0. The Morgan fingerprint density at radius 2 is 1.81 bits per heavy atom. The zero-order valence-electron chi connectivity index (χ0n) is 12.0. The van der Waals surface area contributed by atoms with Gasteiger partial charge in [0, 0.05) is 5.41 Å². The molecule has 0 aromatic heterocycles. The fourth-order valence-electron chi connectivity index (χ4n) is 2.70. The molecule has 0 unspecified atom stereocenters. The third kappa shape index (κ3) is 5.08. The van der Waals surface area contributed by atoms with Gasteiger partial charge in [0.2, 0.25) is 0 Å². The second kappa shape index (κ2) is 6.98. The van der Waals surface area contributed by atoms with Crippen LogP contribution in [0.25, 0.3) is 6.08 Å². The Morgan fingerprint density at radius 1 is 1.10 bits per heavy atom. The average molecular weight is 310 g/mol. The first kappa shape index (κ1) is 15.9. The first-order valence-corrected chi connectivity index (χ1v) is 9.11. The molecule has 0 radical (unpaired) electrons. The summed E-state index contributed by atoms with van der Waals surface area (Å²) in [4.78, 5) is 0. The highest BCUT2D eigenvalue weighted by molar-refractivity contribution is 7.94. The van der Waals surface area contributed by atoms with Gasteiger partial charge in [0.15, 0.2) is 21.3 Å². The van der Waals surface area contributed by atoms with Crippen LogP contribution in [0.5, 0.6) is 11.5 Å².